The van der Waals surface area contributed by atoms with Crippen LogP contribution in [0.25, 0.3) is 0 Å². The number of carbonyl (C=O) groups is 2. The molecule has 7 nitrogen and oxygen atoms in total. The van der Waals surface area contributed by atoms with Crippen molar-refractivity contribution in [3.05, 3.63) is 69.3 Å². The van der Waals surface area contributed by atoms with Crippen molar-refractivity contribution in [3.8, 4) is 5.75 Å². The molecule has 23 heavy (non-hydrogen) atoms. The fraction of sp³-hybridized carbons (Fsp3) is 0.125. The summed E-state index contributed by atoms with van der Waals surface area (Å²) in [4.78, 5) is 32.8. The molecule has 0 aliphatic rings. The van der Waals surface area contributed by atoms with Crippen LogP contribution in [-0.4, -0.2) is 21.8 Å². The average molecular weight is 315 g/mol. The largest absolute Gasteiger partial charge is 0.489 e. The number of carboxylic acid groups (broad SMARTS) is 1. The topological polar surface area (TPSA) is 107 Å². The summed E-state index contributed by atoms with van der Waals surface area (Å²) in [5.41, 5.74) is 0.190. The first-order valence-electron chi connectivity index (χ1n) is 6.63. The Bertz CT molecular complexity index is 784. The molecule has 0 amide bonds. The monoisotopic (exact) mass is 315 g/mol. The average Bonchev–Trinajstić information content (AvgIpc) is 2.52. The number of hydrogen-bond donors (Lipinski definition) is 1. The maximum atomic E-state index is 11.4. The minimum atomic E-state index is -1.08. The maximum absolute atomic E-state index is 11.4. The molecule has 1 N–H and O–H groups in total. The second-order valence-electron chi connectivity index (χ2n) is 4.74. The lowest BCUT2D eigenvalue weighted by Gasteiger charge is -2.09. The molecule has 2 rings (SSSR count). The van der Waals surface area contributed by atoms with E-state index in [0.29, 0.717) is 5.56 Å². The Labute approximate surface area is 131 Å². The Balaban J connectivity index is 2.25. The first-order chi connectivity index (χ1) is 10.9. The number of hydrogen-bond acceptors (Lipinski definition) is 5. The number of carbonyl (C=O) groups excluding carboxylic acids is 1. The van der Waals surface area contributed by atoms with E-state index in [1.165, 1.54) is 25.1 Å². The fourth-order valence-corrected chi connectivity index (χ4v) is 2.07. The third-order valence-electron chi connectivity index (χ3n) is 3.19. The minimum absolute atomic E-state index is 0.00622. The van der Waals surface area contributed by atoms with Gasteiger partial charge in [-0.3, -0.25) is 14.9 Å². The summed E-state index contributed by atoms with van der Waals surface area (Å²) in [6.07, 6.45) is 0. The van der Waals surface area contributed by atoms with Gasteiger partial charge in [0.25, 0.3) is 5.69 Å². The number of rotatable bonds is 6. The molecule has 0 spiro atoms. The molecule has 0 unspecified atom stereocenters. The van der Waals surface area contributed by atoms with Gasteiger partial charge in [0, 0.05) is 5.56 Å². The summed E-state index contributed by atoms with van der Waals surface area (Å²) in [7, 11) is 0. The number of ketones is 1. The second kappa shape index (κ2) is 6.69. The van der Waals surface area contributed by atoms with Gasteiger partial charge in [-0.25, -0.2) is 4.79 Å². The smallest absolute Gasteiger partial charge is 0.336 e. The van der Waals surface area contributed by atoms with Gasteiger partial charge in [-0.05, 0) is 25.1 Å². The van der Waals surface area contributed by atoms with E-state index in [2.05, 4.69) is 0 Å². The summed E-state index contributed by atoms with van der Waals surface area (Å²) in [5, 5.41) is 20.1. The van der Waals surface area contributed by atoms with Gasteiger partial charge in [0.15, 0.2) is 5.78 Å². The number of carboxylic acids is 1. The quantitative estimate of drug-likeness (QED) is 0.498. The van der Waals surface area contributed by atoms with Crippen LogP contribution < -0.4 is 4.74 Å². The van der Waals surface area contributed by atoms with Crippen LogP contribution in [0.2, 0.25) is 0 Å². The van der Waals surface area contributed by atoms with E-state index < -0.39 is 16.7 Å². The molecule has 0 aliphatic heterocycles. The Morgan fingerprint density at radius 2 is 1.87 bits per heavy atom. The van der Waals surface area contributed by atoms with Crippen molar-refractivity contribution in [1.82, 2.24) is 0 Å². The van der Waals surface area contributed by atoms with E-state index in [4.69, 9.17) is 9.84 Å². The highest BCUT2D eigenvalue weighted by Gasteiger charge is 2.18. The highest BCUT2D eigenvalue weighted by atomic mass is 16.6. The van der Waals surface area contributed by atoms with Gasteiger partial charge in [-0.15, -0.1) is 0 Å². The van der Waals surface area contributed by atoms with Crippen molar-refractivity contribution in [2.24, 2.45) is 0 Å². The van der Waals surface area contributed by atoms with Gasteiger partial charge in [0.1, 0.15) is 12.4 Å². The van der Waals surface area contributed by atoms with Crippen molar-refractivity contribution < 1.29 is 24.4 Å². The molecule has 0 aromatic heterocycles. The van der Waals surface area contributed by atoms with Crippen LogP contribution >= 0.6 is 0 Å². The molecule has 2 aromatic rings. The lowest BCUT2D eigenvalue weighted by Crippen LogP contribution is -2.06. The van der Waals surface area contributed by atoms with Gasteiger partial charge in [0.05, 0.1) is 22.1 Å². The first-order valence-corrected chi connectivity index (χ1v) is 6.63. The first kappa shape index (κ1) is 16.2. The number of Topliss-reactive ketones (excluding diaryl/α,β-unsaturated/α-hetero) is 1. The molecule has 2 aromatic carbocycles. The normalized spacial score (nSPS) is 10.1. The molecular weight excluding hydrogens is 302 g/mol. The van der Waals surface area contributed by atoms with E-state index in [9.17, 15) is 19.7 Å². The number of nitrogens with zero attached hydrogens (tertiary/aromatic N) is 1. The molecule has 118 valence electrons. The van der Waals surface area contributed by atoms with Crippen LogP contribution in [0.3, 0.4) is 0 Å². The van der Waals surface area contributed by atoms with Crippen LogP contribution in [0.5, 0.6) is 5.75 Å². The Morgan fingerprint density at radius 1 is 1.17 bits per heavy atom. The van der Waals surface area contributed by atoms with Gasteiger partial charge in [-0.2, -0.15) is 0 Å². The van der Waals surface area contributed by atoms with Gasteiger partial charge in [0.2, 0.25) is 0 Å². The zero-order chi connectivity index (χ0) is 17.0. The predicted molar refractivity (Wildman–Crippen MR) is 80.8 cm³/mol. The molecule has 0 fully saturated rings. The number of ether oxygens (including phenoxy) is 1. The maximum Gasteiger partial charge on any atom is 0.336 e. The fourth-order valence-electron chi connectivity index (χ4n) is 2.07. The minimum Gasteiger partial charge on any atom is -0.489 e. The van der Waals surface area contributed by atoms with Crippen LogP contribution in [0.1, 0.15) is 33.2 Å². The van der Waals surface area contributed by atoms with E-state index in [0.717, 1.165) is 6.07 Å². The molecule has 0 radical (unpaired) electrons. The summed E-state index contributed by atoms with van der Waals surface area (Å²) in [6, 6.07) is 10.2. The van der Waals surface area contributed by atoms with Crippen LogP contribution in [-0.2, 0) is 6.61 Å². The second-order valence-corrected chi connectivity index (χ2v) is 4.74. The number of nitro benzene ring substituents is 1. The highest BCUT2D eigenvalue weighted by molar-refractivity contribution is 5.98. The van der Waals surface area contributed by atoms with Crippen molar-refractivity contribution in [1.29, 1.82) is 0 Å². The molecule has 0 heterocycles. The third kappa shape index (κ3) is 3.70. The molecule has 7 heteroatoms. The molecular formula is C16H13NO6. The summed E-state index contributed by atoms with van der Waals surface area (Å²) >= 11 is 0. The Kier molecular flexibility index (Phi) is 4.70. The zero-order valence-corrected chi connectivity index (χ0v) is 12.2. The summed E-state index contributed by atoms with van der Waals surface area (Å²) < 4.78 is 5.43. The van der Waals surface area contributed by atoms with Crippen molar-refractivity contribution in [2.45, 2.75) is 13.5 Å². The number of nitro groups is 1. The Morgan fingerprint density at radius 3 is 2.48 bits per heavy atom. The molecule has 0 saturated carbocycles. The van der Waals surface area contributed by atoms with E-state index in [1.807, 2.05) is 0 Å². The van der Waals surface area contributed by atoms with E-state index in [1.54, 1.807) is 18.2 Å². The molecule has 0 atom stereocenters. The lowest BCUT2D eigenvalue weighted by atomic mass is 10.1. The van der Waals surface area contributed by atoms with E-state index >= 15 is 0 Å². The van der Waals surface area contributed by atoms with Gasteiger partial charge in [-0.1, -0.05) is 18.2 Å². The third-order valence-corrected chi connectivity index (χ3v) is 3.19. The zero-order valence-electron chi connectivity index (χ0n) is 12.2. The molecule has 0 saturated heterocycles. The van der Waals surface area contributed by atoms with Gasteiger partial charge >= 0.3 is 5.97 Å². The van der Waals surface area contributed by atoms with Crippen LogP contribution in [0.15, 0.2) is 42.5 Å². The molecule has 0 aliphatic carbocycles. The van der Waals surface area contributed by atoms with Crippen molar-refractivity contribution >= 4 is 17.4 Å². The van der Waals surface area contributed by atoms with Crippen molar-refractivity contribution in [3.63, 3.8) is 0 Å². The van der Waals surface area contributed by atoms with Gasteiger partial charge < -0.3 is 9.84 Å². The van der Waals surface area contributed by atoms with Crippen molar-refractivity contribution in [2.75, 3.05) is 0 Å². The molecule has 0 bridgehead atoms. The summed E-state index contributed by atoms with van der Waals surface area (Å²) in [6.45, 7) is 1.19. The predicted octanol–water partition coefficient (Wildman–Crippen LogP) is 3.07. The standard InChI is InChI=1S/C16H13NO6/c1-10(18)13-7-6-12(8-15(13)17(21)22)23-9-11-4-2-3-5-14(11)16(19)20/h2-8H,9H2,1H3,(H,19,20). The van der Waals surface area contributed by atoms with Crippen LogP contribution in [0.4, 0.5) is 5.69 Å². The lowest BCUT2D eigenvalue weighted by molar-refractivity contribution is -0.385. The SMILES string of the molecule is CC(=O)c1ccc(OCc2ccccc2C(=O)O)cc1[N+](=O)[O-]. The number of aromatic carboxylic acids is 1. The highest BCUT2D eigenvalue weighted by Crippen LogP contribution is 2.26. The van der Waals surface area contributed by atoms with E-state index in [-0.39, 0.29) is 29.2 Å². The number of benzene rings is 2. The Hall–Kier alpha value is -3.22. The van der Waals surface area contributed by atoms with Crippen LogP contribution in [0, 0.1) is 10.1 Å². The summed E-state index contributed by atoms with van der Waals surface area (Å²) in [5.74, 6) is -1.32.